The van der Waals surface area contributed by atoms with E-state index in [0.717, 1.165) is 11.8 Å². The van der Waals surface area contributed by atoms with Crippen LogP contribution >= 0.6 is 11.6 Å². The third-order valence-electron chi connectivity index (χ3n) is 3.68. The van der Waals surface area contributed by atoms with Crippen molar-refractivity contribution < 1.29 is 13.2 Å². The summed E-state index contributed by atoms with van der Waals surface area (Å²) in [7, 11) is -3.65. The second kappa shape index (κ2) is 7.89. The molecule has 2 aromatic carbocycles. The van der Waals surface area contributed by atoms with Crippen LogP contribution < -0.4 is 9.62 Å². The number of anilines is 2. The fraction of sp³-hybridized carbons (Fsp3) is 0.278. The number of amides is 1. The van der Waals surface area contributed by atoms with Crippen LogP contribution in [-0.4, -0.2) is 26.6 Å². The summed E-state index contributed by atoms with van der Waals surface area (Å²) in [4.78, 5) is 12.7. The molecule has 0 aromatic heterocycles. The van der Waals surface area contributed by atoms with Crippen LogP contribution in [0.1, 0.15) is 18.9 Å². The lowest BCUT2D eigenvalue weighted by molar-refractivity contribution is -0.117. The summed E-state index contributed by atoms with van der Waals surface area (Å²) in [5, 5.41) is 3.23. The highest BCUT2D eigenvalue weighted by Crippen LogP contribution is 2.24. The van der Waals surface area contributed by atoms with E-state index >= 15 is 0 Å². The molecule has 0 aliphatic rings. The molecule has 5 nitrogen and oxygen atoms in total. The molecule has 0 aliphatic heterocycles. The van der Waals surface area contributed by atoms with Crippen molar-refractivity contribution in [2.45, 2.75) is 26.3 Å². The summed E-state index contributed by atoms with van der Waals surface area (Å²) in [5.41, 5.74) is 1.90. The second-order valence-corrected chi connectivity index (χ2v) is 8.12. The van der Waals surface area contributed by atoms with Crippen molar-refractivity contribution in [2.24, 2.45) is 0 Å². The molecule has 1 unspecified atom stereocenters. The van der Waals surface area contributed by atoms with Gasteiger partial charge in [0.2, 0.25) is 15.9 Å². The van der Waals surface area contributed by atoms with E-state index in [1.54, 1.807) is 49.4 Å². The number of nitrogens with one attached hydrogen (secondary N) is 1. The van der Waals surface area contributed by atoms with Gasteiger partial charge in [-0.25, -0.2) is 8.42 Å². The molecule has 0 fully saturated rings. The van der Waals surface area contributed by atoms with Gasteiger partial charge in [0.15, 0.2) is 0 Å². The number of halogens is 1. The van der Waals surface area contributed by atoms with E-state index in [2.05, 4.69) is 5.32 Å². The van der Waals surface area contributed by atoms with E-state index in [1.807, 2.05) is 13.0 Å². The normalized spacial score (nSPS) is 12.5. The molecule has 0 saturated carbocycles. The molecular formula is C18H21ClN2O3S. The first-order valence-electron chi connectivity index (χ1n) is 7.85. The van der Waals surface area contributed by atoms with Crippen LogP contribution in [0.2, 0.25) is 5.02 Å². The number of carbonyl (C=O) groups is 1. The van der Waals surface area contributed by atoms with E-state index < -0.39 is 22.0 Å². The Balaban J connectivity index is 2.38. The minimum absolute atomic E-state index is 0.327. The maximum Gasteiger partial charge on any atom is 0.248 e. The Kier molecular flexibility index (Phi) is 6.08. The zero-order chi connectivity index (χ0) is 18.6. The first-order valence-corrected chi connectivity index (χ1v) is 10.1. The van der Waals surface area contributed by atoms with Crippen LogP contribution in [0.15, 0.2) is 48.5 Å². The Hall–Kier alpha value is -2.05. The van der Waals surface area contributed by atoms with Crippen molar-refractivity contribution >= 4 is 38.9 Å². The van der Waals surface area contributed by atoms with Gasteiger partial charge in [-0.1, -0.05) is 36.7 Å². The van der Waals surface area contributed by atoms with Crippen molar-refractivity contribution in [2.75, 3.05) is 15.9 Å². The smallest absolute Gasteiger partial charge is 0.248 e. The van der Waals surface area contributed by atoms with E-state index in [9.17, 15) is 13.2 Å². The van der Waals surface area contributed by atoms with Gasteiger partial charge in [0.1, 0.15) is 6.04 Å². The number of nitrogens with zero attached hydrogens (tertiary/aromatic N) is 1. The van der Waals surface area contributed by atoms with Gasteiger partial charge < -0.3 is 5.32 Å². The van der Waals surface area contributed by atoms with Gasteiger partial charge in [0.05, 0.1) is 11.9 Å². The molecule has 2 rings (SSSR count). The average Bonchev–Trinajstić information content (AvgIpc) is 2.51. The third kappa shape index (κ3) is 4.96. The quantitative estimate of drug-likeness (QED) is 0.828. The molecule has 134 valence electrons. The van der Waals surface area contributed by atoms with Crippen LogP contribution in [0, 0.1) is 6.92 Å². The fourth-order valence-electron chi connectivity index (χ4n) is 2.62. The first kappa shape index (κ1) is 19.3. The molecule has 2 aromatic rings. The van der Waals surface area contributed by atoms with E-state index in [4.69, 9.17) is 11.6 Å². The Bertz CT molecular complexity index is 868. The van der Waals surface area contributed by atoms with Crippen LogP contribution in [0.3, 0.4) is 0 Å². The van der Waals surface area contributed by atoms with Gasteiger partial charge in [0.25, 0.3) is 0 Å². The number of rotatable bonds is 6. The van der Waals surface area contributed by atoms with Crippen molar-refractivity contribution in [1.29, 1.82) is 0 Å². The zero-order valence-corrected chi connectivity index (χ0v) is 15.9. The van der Waals surface area contributed by atoms with Gasteiger partial charge in [0, 0.05) is 10.7 Å². The number of aryl methyl sites for hydroxylation is 1. The molecule has 1 atom stereocenters. The predicted molar refractivity (Wildman–Crippen MR) is 103 cm³/mol. The summed E-state index contributed by atoms with van der Waals surface area (Å²) in [6.45, 7) is 3.65. The average molecular weight is 381 g/mol. The minimum atomic E-state index is -3.65. The highest BCUT2D eigenvalue weighted by atomic mass is 35.5. The van der Waals surface area contributed by atoms with Crippen LogP contribution in [0.5, 0.6) is 0 Å². The van der Waals surface area contributed by atoms with Gasteiger partial charge in [-0.3, -0.25) is 9.10 Å². The third-order valence-corrected chi connectivity index (χ3v) is 5.09. The molecule has 1 amide bonds. The number of carbonyl (C=O) groups excluding carboxylic acids is 1. The second-order valence-electron chi connectivity index (χ2n) is 5.82. The largest absolute Gasteiger partial charge is 0.324 e. The van der Waals surface area contributed by atoms with Gasteiger partial charge in [-0.05, 0) is 49.2 Å². The minimum Gasteiger partial charge on any atom is -0.324 e. The number of hydrogen-bond donors (Lipinski definition) is 1. The van der Waals surface area contributed by atoms with Crippen molar-refractivity contribution in [1.82, 2.24) is 0 Å². The summed E-state index contributed by atoms with van der Waals surface area (Å²) < 4.78 is 25.9. The lowest BCUT2D eigenvalue weighted by Crippen LogP contribution is -2.47. The number of hydrogen-bond acceptors (Lipinski definition) is 3. The lowest BCUT2D eigenvalue weighted by Gasteiger charge is -2.30. The monoisotopic (exact) mass is 380 g/mol. The Morgan fingerprint density at radius 3 is 2.44 bits per heavy atom. The summed E-state index contributed by atoms with van der Waals surface area (Å²) in [6.07, 6.45) is 1.43. The van der Waals surface area contributed by atoms with Crippen LogP contribution in [-0.2, 0) is 14.8 Å². The molecule has 0 radical (unpaired) electrons. The Morgan fingerprint density at radius 2 is 1.88 bits per heavy atom. The summed E-state index contributed by atoms with van der Waals surface area (Å²) >= 11 is 5.93. The standard InChI is InChI=1S/C18H21ClN2O3S/c1-4-17(18(22)20-15-9-6-8-14(19)12-15)21(25(3,23)24)16-10-5-7-13(2)11-16/h5-12,17H,4H2,1-3H3,(H,20,22). The summed E-state index contributed by atoms with van der Waals surface area (Å²) in [6, 6.07) is 12.9. The fourth-order valence-corrected chi connectivity index (χ4v) is 4.01. The maximum absolute atomic E-state index is 12.7. The molecular weight excluding hydrogens is 360 g/mol. The highest BCUT2D eigenvalue weighted by Gasteiger charge is 2.31. The molecule has 0 bridgehead atoms. The first-order chi connectivity index (χ1) is 11.7. The van der Waals surface area contributed by atoms with Gasteiger partial charge in [-0.2, -0.15) is 0 Å². The molecule has 0 saturated heterocycles. The summed E-state index contributed by atoms with van der Waals surface area (Å²) in [5.74, 6) is -0.406. The Labute approximate surface area is 153 Å². The molecule has 0 heterocycles. The van der Waals surface area contributed by atoms with Crippen molar-refractivity contribution in [3.63, 3.8) is 0 Å². The lowest BCUT2D eigenvalue weighted by atomic mass is 10.1. The van der Waals surface area contributed by atoms with Crippen molar-refractivity contribution in [3.8, 4) is 0 Å². The van der Waals surface area contributed by atoms with E-state index in [1.165, 1.54) is 4.31 Å². The highest BCUT2D eigenvalue weighted by molar-refractivity contribution is 7.92. The van der Waals surface area contributed by atoms with E-state index in [-0.39, 0.29) is 0 Å². The van der Waals surface area contributed by atoms with Crippen molar-refractivity contribution in [3.05, 3.63) is 59.1 Å². The van der Waals surface area contributed by atoms with E-state index in [0.29, 0.717) is 22.8 Å². The number of sulfonamides is 1. The van der Waals surface area contributed by atoms with Crippen LogP contribution in [0.25, 0.3) is 0 Å². The molecule has 25 heavy (non-hydrogen) atoms. The zero-order valence-electron chi connectivity index (χ0n) is 14.4. The Morgan fingerprint density at radius 1 is 1.20 bits per heavy atom. The molecule has 0 spiro atoms. The SMILES string of the molecule is CCC(C(=O)Nc1cccc(Cl)c1)N(c1cccc(C)c1)S(C)(=O)=O. The topological polar surface area (TPSA) is 66.5 Å². The predicted octanol–water partition coefficient (Wildman–Crippen LogP) is 3.83. The molecule has 0 aliphatic carbocycles. The molecule has 1 N–H and O–H groups in total. The van der Waals surface area contributed by atoms with Crippen LogP contribution in [0.4, 0.5) is 11.4 Å². The van der Waals surface area contributed by atoms with Gasteiger partial charge in [-0.15, -0.1) is 0 Å². The molecule has 7 heteroatoms. The number of benzene rings is 2. The van der Waals surface area contributed by atoms with Gasteiger partial charge >= 0.3 is 0 Å². The maximum atomic E-state index is 12.7.